The second kappa shape index (κ2) is 10.4. The number of thiophene rings is 1. The second-order valence-electron chi connectivity index (χ2n) is 9.27. The van der Waals surface area contributed by atoms with Crippen molar-refractivity contribution in [3.05, 3.63) is 57.3 Å². The molecular weight excluding hydrogens is 462 g/mol. The first-order valence-corrected chi connectivity index (χ1v) is 14.8. The number of anilines is 1. The Bertz CT molecular complexity index is 954. The van der Waals surface area contributed by atoms with Gasteiger partial charge in [-0.05, 0) is 54.0 Å². The quantitative estimate of drug-likeness (QED) is 0.317. The van der Waals surface area contributed by atoms with Crippen LogP contribution in [0, 0.1) is 0 Å². The maximum absolute atomic E-state index is 12.1. The van der Waals surface area contributed by atoms with Crippen molar-refractivity contribution in [2.75, 3.05) is 25.0 Å². The summed E-state index contributed by atoms with van der Waals surface area (Å²) < 4.78 is 6.80. The number of rotatable bonds is 9. The zero-order chi connectivity index (χ0) is 23.4. The van der Waals surface area contributed by atoms with E-state index < -0.39 is 8.32 Å². The number of hydroxylamine groups is 1. The summed E-state index contributed by atoms with van der Waals surface area (Å²) >= 11 is 7.14. The fourth-order valence-electron chi connectivity index (χ4n) is 2.85. The van der Waals surface area contributed by atoms with E-state index in [2.05, 4.69) is 50.0 Å². The summed E-state index contributed by atoms with van der Waals surface area (Å²) in [5.74, 6) is -0.152. The minimum Gasteiger partial charge on any atom is -0.415 e. The van der Waals surface area contributed by atoms with E-state index in [1.807, 2.05) is 30.3 Å². The van der Waals surface area contributed by atoms with Crippen LogP contribution in [0.25, 0.3) is 5.70 Å². The predicted octanol–water partition coefficient (Wildman–Crippen LogP) is 5.51. The molecule has 0 saturated carbocycles. The average molecular weight is 494 g/mol. The molecule has 1 aromatic heterocycles. The molecule has 174 valence electrons. The molecular formula is C23H32ClN3O3SSi. The molecule has 0 spiro atoms. The Morgan fingerprint density at radius 3 is 2.56 bits per heavy atom. The first kappa shape index (κ1) is 24.8. The molecule has 1 aromatic carbocycles. The van der Waals surface area contributed by atoms with Gasteiger partial charge in [0.15, 0.2) is 8.32 Å². The number of hydrogen-bond acceptors (Lipinski definition) is 6. The molecule has 3 rings (SSSR count). The van der Waals surface area contributed by atoms with Gasteiger partial charge in [-0.2, -0.15) is 0 Å². The lowest BCUT2D eigenvalue weighted by Crippen LogP contribution is -2.41. The van der Waals surface area contributed by atoms with Gasteiger partial charge in [0.25, 0.3) is 5.91 Å². The molecule has 0 saturated heterocycles. The first-order valence-electron chi connectivity index (χ1n) is 10.7. The number of hydrogen-bond donors (Lipinski definition) is 3. The second-order valence-corrected chi connectivity index (χ2v) is 15.8. The largest absolute Gasteiger partial charge is 0.415 e. The van der Waals surface area contributed by atoms with Crippen molar-refractivity contribution in [2.45, 2.75) is 45.0 Å². The van der Waals surface area contributed by atoms with E-state index in [0.717, 1.165) is 23.5 Å². The summed E-state index contributed by atoms with van der Waals surface area (Å²) in [6.45, 7) is 13.1. The van der Waals surface area contributed by atoms with Gasteiger partial charge < -0.3 is 15.1 Å². The molecule has 9 heteroatoms. The average Bonchev–Trinajstić information content (AvgIpc) is 3.38. The van der Waals surface area contributed by atoms with Gasteiger partial charge in [0.05, 0.1) is 28.1 Å². The molecule has 1 atom stereocenters. The molecule has 1 amide bonds. The van der Waals surface area contributed by atoms with Crippen molar-refractivity contribution in [2.24, 2.45) is 0 Å². The van der Waals surface area contributed by atoms with Gasteiger partial charge in [-0.3, -0.25) is 15.1 Å². The topological polar surface area (TPSA) is 71.6 Å². The monoisotopic (exact) mass is 493 g/mol. The molecule has 3 N–H and O–H groups in total. The molecule has 0 aliphatic carbocycles. The van der Waals surface area contributed by atoms with E-state index >= 15 is 0 Å². The maximum atomic E-state index is 12.1. The van der Waals surface area contributed by atoms with E-state index in [1.54, 1.807) is 12.1 Å². The summed E-state index contributed by atoms with van der Waals surface area (Å²) in [4.78, 5) is 18.3. The lowest BCUT2D eigenvalue weighted by atomic mass is 10.1. The van der Waals surface area contributed by atoms with Crippen LogP contribution in [0.2, 0.25) is 22.5 Å². The third-order valence-corrected chi connectivity index (χ3v) is 11.6. The van der Waals surface area contributed by atoms with E-state index in [1.165, 1.54) is 11.3 Å². The number of carbonyl (C=O) groups excluding carboxylic acids is 1. The Morgan fingerprint density at radius 1 is 1.22 bits per heavy atom. The molecule has 0 fully saturated rings. The van der Waals surface area contributed by atoms with Gasteiger partial charge in [-0.1, -0.05) is 44.5 Å². The molecule has 1 unspecified atom stereocenters. The highest BCUT2D eigenvalue weighted by Gasteiger charge is 2.36. The van der Waals surface area contributed by atoms with Crippen LogP contribution in [-0.4, -0.2) is 40.0 Å². The van der Waals surface area contributed by atoms with Crippen molar-refractivity contribution in [3.63, 3.8) is 0 Å². The van der Waals surface area contributed by atoms with Crippen LogP contribution >= 0.6 is 22.9 Å². The number of benzene rings is 1. The van der Waals surface area contributed by atoms with Gasteiger partial charge in [-0.25, -0.2) is 0 Å². The molecule has 32 heavy (non-hydrogen) atoms. The highest BCUT2D eigenvalue weighted by Crippen LogP contribution is 2.36. The van der Waals surface area contributed by atoms with Gasteiger partial charge in [0.1, 0.15) is 6.10 Å². The minimum atomic E-state index is -1.71. The Hall–Kier alpha value is -1.84. The lowest BCUT2D eigenvalue weighted by molar-refractivity contribution is 0.0499. The number of nitrogens with one attached hydrogen (secondary N) is 3. The lowest BCUT2D eigenvalue weighted by Gasteiger charge is -2.36. The Morgan fingerprint density at radius 2 is 1.94 bits per heavy atom. The summed E-state index contributed by atoms with van der Waals surface area (Å²) in [7, 11) is -1.71. The predicted molar refractivity (Wildman–Crippen MR) is 136 cm³/mol. The maximum Gasteiger partial charge on any atom is 0.261 e. The summed E-state index contributed by atoms with van der Waals surface area (Å²) in [5.41, 5.74) is 5.90. The molecule has 0 radical (unpaired) electrons. The van der Waals surface area contributed by atoms with Gasteiger partial charge in [0, 0.05) is 12.2 Å². The van der Waals surface area contributed by atoms with E-state index in [0.29, 0.717) is 22.4 Å². The van der Waals surface area contributed by atoms with Crippen LogP contribution in [0.3, 0.4) is 0 Å². The van der Waals surface area contributed by atoms with Crippen molar-refractivity contribution >= 4 is 48.5 Å². The summed E-state index contributed by atoms with van der Waals surface area (Å²) in [6, 6.07) is 11.6. The van der Waals surface area contributed by atoms with Crippen molar-refractivity contribution in [3.8, 4) is 0 Å². The van der Waals surface area contributed by atoms with Crippen LogP contribution in [0.1, 0.15) is 36.0 Å². The Labute approximate surface area is 200 Å². The zero-order valence-electron chi connectivity index (χ0n) is 19.3. The van der Waals surface area contributed by atoms with E-state index in [9.17, 15) is 4.79 Å². The SMILES string of the molecule is CC(C)(C)[Si](C)(C)OCCNc1ccc(C2=CC(CNC(=O)c3ccc(Cl)s3)ON2)cc1. The molecule has 2 aromatic rings. The van der Waals surface area contributed by atoms with Crippen molar-refractivity contribution in [1.82, 2.24) is 10.8 Å². The fourth-order valence-corrected chi connectivity index (χ4v) is 4.86. The summed E-state index contributed by atoms with van der Waals surface area (Å²) in [5, 5.41) is 6.50. The van der Waals surface area contributed by atoms with Crippen LogP contribution < -0.4 is 16.1 Å². The van der Waals surface area contributed by atoms with Gasteiger partial charge in [0.2, 0.25) is 0 Å². The highest BCUT2D eigenvalue weighted by atomic mass is 35.5. The normalized spacial score (nSPS) is 16.4. The van der Waals surface area contributed by atoms with Crippen LogP contribution in [0.5, 0.6) is 0 Å². The van der Waals surface area contributed by atoms with Crippen molar-refractivity contribution in [1.29, 1.82) is 0 Å². The van der Waals surface area contributed by atoms with Crippen LogP contribution in [0.4, 0.5) is 5.69 Å². The van der Waals surface area contributed by atoms with E-state index in [-0.39, 0.29) is 17.0 Å². The van der Waals surface area contributed by atoms with Gasteiger partial charge in [-0.15, -0.1) is 11.3 Å². The third-order valence-electron chi connectivity index (χ3n) is 5.83. The zero-order valence-corrected chi connectivity index (χ0v) is 21.8. The summed E-state index contributed by atoms with van der Waals surface area (Å²) in [6.07, 6.45) is 1.73. The van der Waals surface area contributed by atoms with Crippen LogP contribution in [-0.2, 0) is 9.26 Å². The molecule has 1 aliphatic rings. The third kappa shape index (κ3) is 6.58. The van der Waals surface area contributed by atoms with Gasteiger partial charge >= 0.3 is 0 Å². The molecule has 0 bridgehead atoms. The Balaban J connectivity index is 1.45. The number of halogens is 1. The Kier molecular flexibility index (Phi) is 8.05. The molecule has 6 nitrogen and oxygen atoms in total. The van der Waals surface area contributed by atoms with Crippen LogP contribution in [0.15, 0.2) is 42.5 Å². The van der Waals surface area contributed by atoms with E-state index in [4.69, 9.17) is 20.9 Å². The fraction of sp³-hybridized carbons (Fsp3) is 0.435. The number of amides is 1. The number of carbonyl (C=O) groups is 1. The van der Waals surface area contributed by atoms with Crippen molar-refractivity contribution < 1.29 is 14.1 Å². The highest BCUT2D eigenvalue weighted by molar-refractivity contribution is 7.18. The molecule has 1 aliphatic heterocycles. The minimum absolute atomic E-state index is 0.152. The standard InChI is InChI=1S/C23H32ClN3O3SSi/c1-23(2,3)32(4,5)29-13-12-25-17-8-6-16(7-9-17)19-14-18(30-27-19)15-26-22(28)20-10-11-21(24)31-20/h6-11,14,18,25,27H,12-13,15H2,1-5H3,(H,26,28). The first-order chi connectivity index (χ1) is 15.0. The smallest absolute Gasteiger partial charge is 0.261 e. The molecule has 2 heterocycles.